The van der Waals surface area contributed by atoms with E-state index < -0.39 is 6.09 Å². The Morgan fingerprint density at radius 1 is 1.32 bits per heavy atom. The SMILES string of the molecule is CCN(CC)C(=O)N1CC(c2ccccc2)OC1=O. The minimum atomic E-state index is -0.564. The van der Waals surface area contributed by atoms with Gasteiger partial charge in [0.05, 0.1) is 6.54 Å². The van der Waals surface area contributed by atoms with E-state index in [2.05, 4.69) is 0 Å². The molecule has 19 heavy (non-hydrogen) atoms. The molecule has 0 aliphatic carbocycles. The van der Waals surface area contributed by atoms with Crippen LogP contribution in [0.1, 0.15) is 25.5 Å². The molecule has 0 saturated carbocycles. The molecule has 102 valence electrons. The van der Waals surface area contributed by atoms with E-state index in [0.29, 0.717) is 13.1 Å². The van der Waals surface area contributed by atoms with Crippen molar-refractivity contribution in [3.8, 4) is 0 Å². The Morgan fingerprint density at radius 2 is 1.95 bits per heavy atom. The highest BCUT2D eigenvalue weighted by Gasteiger charge is 2.37. The van der Waals surface area contributed by atoms with Crippen molar-refractivity contribution in [2.45, 2.75) is 20.0 Å². The summed E-state index contributed by atoms with van der Waals surface area (Å²) < 4.78 is 5.26. The van der Waals surface area contributed by atoms with Gasteiger partial charge in [0.15, 0.2) is 0 Å². The fourth-order valence-corrected chi connectivity index (χ4v) is 2.13. The molecule has 3 amide bonds. The van der Waals surface area contributed by atoms with Crippen LogP contribution < -0.4 is 0 Å². The van der Waals surface area contributed by atoms with Gasteiger partial charge in [0.25, 0.3) is 0 Å². The van der Waals surface area contributed by atoms with Crippen LogP contribution in [0.3, 0.4) is 0 Å². The molecule has 1 unspecified atom stereocenters. The lowest BCUT2D eigenvalue weighted by molar-refractivity contribution is 0.130. The number of amides is 3. The third-order valence-electron chi connectivity index (χ3n) is 3.25. The lowest BCUT2D eigenvalue weighted by atomic mass is 10.1. The maximum atomic E-state index is 12.1. The molecule has 1 heterocycles. The van der Waals surface area contributed by atoms with Gasteiger partial charge in [-0.2, -0.15) is 0 Å². The molecule has 1 aromatic rings. The second-order valence-corrected chi connectivity index (χ2v) is 4.35. The number of carbonyl (C=O) groups excluding carboxylic acids is 2. The molecule has 0 aromatic heterocycles. The van der Waals surface area contributed by atoms with Crippen LogP contribution in [0.25, 0.3) is 0 Å². The molecule has 1 saturated heterocycles. The van der Waals surface area contributed by atoms with Gasteiger partial charge in [-0.25, -0.2) is 14.5 Å². The number of benzene rings is 1. The molecule has 0 spiro atoms. The highest BCUT2D eigenvalue weighted by atomic mass is 16.6. The average molecular weight is 262 g/mol. The third-order valence-corrected chi connectivity index (χ3v) is 3.25. The maximum absolute atomic E-state index is 12.1. The van der Waals surface area contributed by atoms with E-state index in [1.54, 1.807) is 4.90 Å². The number of nitrogens with zero attached hydrogens (tertiary/aromatic N) is 2. The van der Waals surface area contributed by atoms with E-state index >= 15 is 0 Å². The van der Waals surface area contributed by atoms with E-state index in [-0.39, 0.29) is 18.7 Å². The molecule has 2 rings (SSSR count). The fourth-order valence-electron chi connectivity index (χ4n) is 2.13. The van der Waals surface area contributed by atoms with E-state index in [9.17, 15) is 9.59 Å². The van der Waals surface area contributed by atoms with E-state index in [4.69, 9.17) is 4.74 Å². The highest BCUT2D eigenvalue weighted by molar-refractivity contribution is 5.92. The largest absolute Gasteiger partial charge is 0.439 e. The number of hydrogen-bond acceptors (Lipinski definition) is 3. The maximum Gasteiger partial charge on any atom is 0.418 e. The number of ether oxygens (including phenoxy) is 1. The summed E-state index contributed by atoms with van der Waals surface area (Å²) in [5.74, 6) is 0. The Balaban J connectivity index is 2.10. The van der Waals surface area contributed by atoms with E-state index in [1.807, 2.05) is 44.2 Å². The molecule has 0 bridgehead atoms. The van der Waals surface area contributed by atoms with Gasteiger partial charge in [-0.15, -0.1) is 0 Å². The molecular formula is C14H18N2O3. The van der Waals surface area contributed by atoms with Crippen LogP contribution in [0, 0.1) is 0 Å². The van der Waals surface area contributed by atoms with Crippen LogP contribution in [0.4, 0.5) is 9.59 Å². The molecule has 0 N–H and O–H groups in total. The minimum Gasteiger partial charge on any atom is -0.439 e. The van der Waals surface area contributed by atoms with Crippen LogP contribution >= 0.6 is 0 Å². The highest BCUT2D eigenvalue weighted by Crippen LogP contribution is 2.26. The number of rotatable bonds is 3. The molecule has 1 fully saturated rings. The monoisotopic (exact) mass is 262 g/mol. The van der Waals surface area contributed by atoms with E-state index in [0.717, 1.165) is 5.56 Å². The van der Waals surface area contributed by atoms with Gasteiger partial charge in [0.2, 0.25) is 0 Å². The van der Waals surface area contributed by atoms with Gasteiger partial charge in [-0.3, -0.25) is 0 Å². The zero-order valence-electron chi connectivity index (χ0n) is 11.2. The first-order valence-electron chi connectivity index (χ1n) is 6.49. The standard InChI is InChI=1S/C14H18N2O3/c1-3-15(4-2)13(17)16-10-12(19-14(16)18)11-8-6-5-7-9-11/h5-9,12H,3-4,10H2,1-2H3. The van der Waals surface area contributed by atoms with Crippen LogP contribution in [0.15, 0.2) is 30.3 Å². The third kappa shape index (κ3) is 2.70. The van der Waals surface area contributed by atoms with Crippen molar-refractivity contribution < 1.29 is 14.3 Å². The van der Waals surface area contributed by atoms with Gasteiger partial charge >= 0.3 is 12.1 Å². The first kappa shape index (κ1) is 13.4. The van der Waals surface area contributed by atoms with Crippen molar-refractivity contribution in [3.63, 3.8) is 0 Å². The molecule has 1 aliphatic rings. The summed E-state index contributed by atoms with van der Waals surface area (Å²) in [7, 11) is 0. The topological polar surface area (TPSA) is 49.9 Å². The number of carbonyl (C=O) groups is 2. The smallest absolute Gasteiger partial charge is 0.418 e. The first-order valence-corrected chi connectivity index (χ1v) is 6.49. The Bertz CT molecular complexity index is 457. The zero-order valence-corrected chi connectivity index (χ0v) is 11.2. The second-order valence-electron chi connectivity index (χ2n) is 4.35. The summed E-state index contributed by atoms with van der Waals surface area (Å²) in [5, 5.41) is 0. The van der Waals surface area contributed by atoms with Crippen molar-refractivity contribution in [1.29, 1.82) is 0 Å². The number of cyclic esters (lactones) is 1. The van der Waals surface area contributed by atoms with Gasteiger partial charge < -0.3 is 9.64 Å². The summed E-state index contributed by atoms with van der Waals surface area (Å²) in [4.78, 5) is 26.7. The van der Waals surface area contributed by atoms with Crippen molar-refractivity contribution in [3.05, 3.63) is 35.9 Å². The van der Waals surface area contributed by atoms with Crippen molar-refractivity contribution in [2.75, 3.05) is 19.6 Å². The molecular weight excluding hydrogens is 244 g/mol. The lowest BCUT2D eigenvalue weighted by Crippen LogP contribution is -2.43. The van der Waals surface area contributed by atoms with Gasteiger partial charge in [0.1, 0.15) is 6.10 Å². The van der Waals surface area contributed by atoms with Crippen LogP contribution in [0.2, 0.25) is 0 Å². The number of urea groups is 1. The van der Waals surface area contributed by atoms with Crippen LogP contribution in [-0.4, -0.2) is 41.6 Å². The van der Waals surface area contributed by atoms with Gasteiger partial charge in [-0.05, 0) is 19.4 Å². The predicted octanol–water partition coefficient (Wildman–Crippen LogP) is 2.64. The molecule has 0 radical (unpaired) electrons. The quantitative estimate of drug-likeness (QED) is 0.841. The van der Waals surface area contributed by atoms with Crippen LogP contribution in [0.5, 0.6) is 0 Å². The minimum absolute atomic E-state index is 0.276. The number of hydrogen-bond donors (Lipinski definition) is 0. The molecule has 1 atom stereocenters. The lowest BCUT2D eigenvalue weighted by Gasteiger charge is -2.22. The Hall–Kier alpha value is -2.04. The van der Waals surface area contributed by atoms with Crippen LogP contribution in [-0.2, 0) is 4.74 Å². The van der Waals surface area contributed by atoms with Crippen molar-refractivity contribution in [2.24, 2.45) is 0 Å². The predicted molar refractivity (Wildman–Crippen MR) is 70.7 cm³/mol. The van der Waals surface area contributed by atoms with E-state index in [1.165, 1.54) is 4.90 Å². The molecule has 5 nitrogen and oxygen atoms in total. The van der Waals surface area contributed by atoms with Gasteiger partial charge in [-0.1, -0.05) is 30.3 Å². The van der Waals surface area contributed by atoms with Crippen molar-refractivity contribution in [1.82, 2.24) is 9.80 Å². The fraction of sp³-hybridized carbons (Fsp3) is 0.429. The Morgan fingerprint density at radius 3 is 2.53 bits per heavy atom. The molecule has 1 aromatic carbocycles. The summed E-state index contributed by atoms with van der Waals surface area (Å²) in [6, 6.07) is 9.18. The summed E-state index contributed by atoms with van der Waals surface area (Å²) in [5.41, 5.74) is 0.908. The van der Waals surface area contributed by atoms with Crippen molar-refractivity contribution >= 4 is 12.1 Å². The average Bonchev–Trinajstić information content (AvgIpc) is 2.83. The summed E-state index contributed by atoms with van der Waals surface area (Å²) >= 11 is 0. The number of imide groups is 1. The normalized spacial score (nSPS) is 18.3. The summed E-state index contributed by atoms with van der Waals surface area (Å²) in [6.07, 6.45) is -0.932. The molecule has 1 aliphatic heterocycles. The Kier molecular flexibility index (Phi) is 4.04. The Labute approximate surface area is 112 Å². The first-order chi connectivity index (χ1) is 9.17. The van der Waals surface area contributed by atoms with Gasteiger partial charge in [0, 0.05) is 13.1 Å². The second kappa shape index (κ2) is 5.73. The zero-order chi connectivity index (χ0) is 13.8. The molecule has 5 heteroatoms. The summed E-state index contributed by atoms with van der Waals surface area (Å²) in [6.45, 7) is 5.21.